The molecule has 2 atom stereocenters. The van der Waals surface area contributed by atoms with Crippen LogP contribution in [-0.4, -0.2) is 39.7 Å². The molecule has 0 aliphatic carbocycles. The molecule has 0 radical (unpaired) electrons. The predicted molar refractivity (Wildman–Crippen MR) is 136 cm³/mol. The molecule has 5 rings (SSSR count). The van der Waals surface area contributed by atoms with Crippen molar-refractivity contribution < 1.29 is 12.8 Å². The lowest BCUT2D eigenvalue weighted by atomic mass is 9.84. The molecule has 0 N–H and O–H groups in total. The van der Waals surface area contributed by atoms with Gasteiger partial charge in [-0.05, 0) is 92.6 Å². The van der Waals surface area contributed by atoms with E-state index in [9.17, 15) is 12.8 Å². The number of sulfonamides is 1. The minimum absolute atomic E-state index is 0.0923. The summed E-state index contributed by atoms with van der Waals surface area (Å²) in [5, 5.41) is 5.56. The maximum atomic E-state index is 13.4. The molecule has 1 aliphatic heterocycles. The van der Waals surface area contributed by atoms with Crippen LogP contribution in [-0.2, 0) is 16.6 Å². The zero-order valence-corrected chi connectivity index (χ0v) is 21.2. The van der Waals surface area contributed by atoms with Crippen LogP contribution in [0.2, 0.25) is 0 Å². The van der Waals surface area contributed by atoms with Crippen molar-refractivity contribution in [3.8, 4) is 5.69 Å². The van der Waals surface area contributed by atoms with Crippen molar-refractivity contribution in [3.63, 3.8) is 0 Å². The fourth-order valence-corrected chi connectivity index (χ4v) is 7.00. The molecule has 2 aromatic carbocycles. The van der Waals surface area contributed by atoms with Gasteiger partial charge in [-0.15, -0.1) is 0 Å². The lowest BCUT2D eigenvalue weighted by Crippen LogP contribution is -2.44. The van der Waals surface area contributed by atoms with Gasteiger partial charge in [0.25, 0.3) is 0 Å². The van der Waals surface area contributed by atoms with Gasteiger partial charge in [-0.2, -0.15) is 9.40 Å². The average Bonchev–Trinajstić information content (AvgIpc) is 3.47. The van der Waals surface area contributed by atoms with E-state index in [0.717, 1.165) is 48.0 Å². The number of halogens is 1. The Morgan fingerprint density at radius 3 is 2.63 bits per heavy atom. The van der Waals surface area contributed by atoms with Crippen LogP contribution in [0.4, 0.5) is 4.39 Å². The summed E-state index contributed by atoms with van der Waals surface area (Å²) in [6, 6.07) is 12.2. The van der Waals surface area contributed by atoms with E-state index in [1.807, 2.05) is 28.6 Å². The first-order valence-corrected chi connectivity index (χ1v) is 13.6. The smallest absolute Gasteiger partial charge is 0.244 e. The molecule has 0 saturated carbocycles. The summed E-state index contributed by atoms with van der Waals surface area (Å²) in [7, 11) is -3.52. The summed E-state index contributed by atoms with van der Waals surface area (Å²) >= 11 is 0. The summed E-state index contributed by atoms with van der Waals surface area (Å²) in [6.45, 7) is 7.49. The van der Waals surface area contributed by atoms with Crippen molar-refractivity contribution in [1.29, 1.82) is 0 Å². The van der Waals surface area contributed by atoms with Crippen LogP contribution in [0, 0.1) is 12.7 Å². The van der Waals surface area contributed by atoms with Crippen molar-refractivity contribution in [2.75, 3.05) is 6.54 Å². The molecule has 1 aliphatic rings. The maximum absolute atomic E-state index is 13.4. The van der Waals surface area contributed by atoms with Gasteiger partial charge in [0.2, 0.25) is 10.0 Å². The van der Waals surface area contributed by atoms with E-state index in [2.05, 4.69) is 31.1 Å². The average molecular weight is 495 g/mol. The van der Waals surface area contributed by atoms with Crippen molar-refractivity contribution in [1.82, 2.24) is 18.7 Å². The van der Waals surface area contributed by atoms with Crippen molar-refractivity contribution in [2.24, 2.45) is 0 Å². The highest BCUT2D eigenvalue weighted by molar-refractivity contribution is 7.89. The molecule has 4 aromatic rings. The number of hydrogen-bond acceptors (Lipinski definition) is 3. The van der Waals surface area contributed by atoms with Crippen LogP contribution in [0.15, 0.2) is 66.0 Å². The molecule has 0 bridgehead atoms. The largest absolute Gasteiger partial charge is 0.353 e. The van der Waals surface area contributed by atoms with Crippen LogP contribution < -0.4 is 0 Å². The second-order valence-corrected chi connectivity index (χ2v) is 11.5. The summed E-state index contributed by atoms with van der Waals surface area (Å²) < 4.78 is 45.5. The van der Waals surface area contributed by atoms with Crippen molar-refractivity contribution >= 4 is 20.9 Å². The van der Waals surface area contributed by atoms with E-state index in [4.69, 9.17) is 0 Å². The number of fused-ring (bicyclic) bond motifs is 1. The number of rotatable bonds is 6. The van der Waals surface area contributed by atoms with E-state index in [0.29, 0.717) is 11.4 Å². The SMILES string of the molecule is CCCn1ccc(S(=O)(=O)N2CC[C@@H](c3cc4cnn(-c5ccc(F)cc5)c4cc3C)C[C@H]2C)c1. The molecular weight excluding hydrogens is 463 g/mol. The highest BCUT2D eigenvalue weighted by Crippen LogP contribution is 2.37. The second-order valence-electron chi connectivity index (χ2n) is 9.57. The zero-order valence-electron chi connectivity index (χ0n) is 20.4. The maximum Gasteiger partial charge on any atom is 0.244 e. The number of aryl methyl sites for hydroxylation is 2. The van der Waals surface area contributed by atoms with Gasteiger partial charge in [0.15, 0.2) is 0 Å². The molecule has 0 spiro atoms. The standard InChI is InChI=1S/C27H31FN4O2S/c1-4-11-30-12-10-25(18-30)35(33,34)31-13-9-21(15-20(31)3)26-16-22-17-29-32(27(22)14-19(26)2)24-7-5-23(28)6-8-24/h5-8,10,12,14,16-18,20-21H,4,9,11,13,15H2,1-3H3/t20-,21-/m1/s1. The summed E-state index contributed by atoms with van der Waals surface area (Å²) in [5.41, 5.74) is 4.19. The molecule has 3 heterocycles. The predicted octanol–water partition coefficient (Wildman–Crippen LogP) is 5.64. The van der Waals surface area contributed by atoms with Gasteiger partial charge in [0.1, 0.15) is 5.82 Å². The van der Waals surface area contributed by atoms with Crippen LogP contribution in [0.25, 0.3) is 16.6 Å². The first-order valence-electron chi connectivity index (χ1n) is 12.2. The number of nitrogens with zero attached hydrogens (tertiary/aromatic N) is 4. The van der Waals surface area contributed by atoms with Gasteiger partial charge in [0.05, 0.1) is 22.3 Å². The third-order valence-electron chi connectivity index (χ3n) is 7.09. The minimum atomic E-state index is -3.52. The van der Waals surface area contributed by atoms with Gasteiger partial charge in [-0.1, -0.05) is 6.92 Å². The van der Waals surface area contributed by atoms with Crippen LogP contribution in [0.5, 0.6) is 0 Å². The highest BCUT2D eigenvalue weighted by Gasteiger charge is 2.36. The number of piperidine rings is 1. The normalized spacial score (nSPS) is 19.4. The van der Waals surface area contributed by atoms with Gasteiger partial charge < -0.3 is 4.57 Å². The van der Waals surface area contributed by atoms with Crippen LogP contribution in [0.3, 0.4) is 0 Å². The Labute approximate surface area is 206 Å². The summed E-state index contributed by atoms with van der Waals surface area (Å²) in [5.74, 6) is 0.00407. The molecule has 184 valence electrons. The monoisotopic (exact) mass is 494 g/mol. The number of aromatic nitrogens is 3. The fourth-order valence-electron chi connectivity index (χ4n) is 5.32. The molecule has 2 aromatic heterocycles. The Bertz CT molecular complexity index is 1460. The number of hydrogen-bond donors (Lipinski definition) is 0. The Hall–Kier alpha value is -2.97. The van der Waals surface area contributed by atoms with Gasteiger partial charge in [0, 0.05) is 36.9 Å². The van der Waals surface area contributed by atoms with E-state index < -0.39 is 10.0 Å². The molecule has 1 fully saturated rings. The fraction of sp³-hybridized carbons (Fsp3) is 0.370. The van der Waals surface area contributed by atoms with Crippen molar-refractivity contribution in [3.05, 3.63) is 78.0 Å². The topological polar surface area (TPSA) is 60.1 Å². The molecule has 1 saturated heterocycles. The Morgan fingerprint density at radius 2 is 1.91 bits per heavy atom. The second kappa shape index (κ2) is 9.24. The summed E-state index contributed by atoms with van der Waals surface area (Å²) in [6.07, 6.45) is 7.94. The molecule has 0 unspecified atom stereocenters. The molecule has 6 nitrogen and oxygen atoms in total. The van der Waals surface area contributed by atoms with Crippen LogP contribution in [0.1, 0.15) is 50.2 Å². The Kier molecular flexibility index (Phi) is 6.27. The minimum Gasteiger partial charge on any atom is -0.353 e. The Balaban J connectivity index is 1.38. The van der Waals surface area contributed by atoms with E-state index in [1.165, 1.54) is 17.7 Å². The molecule has 8 heteroatoms. The quantitative estimate of drug-likeness (QED) is 0.348. The molecule has 0 amide bonds. The van der Waals surface area contributed by atoms with Gasteiger partial charge >= 0.3 is 0 Å². The van der Waals surface area contributed by atoms with Crippen LogP contribution >= 0.6 is 0 Å². The number of benzene rings is 2. The van der Waals surface area contributed by atoms with Crippen molar-refractivity contribution in [2.45, 2.75) is 63.4 Å². The van der Waals surface area contributed by atoms with Gasteiger partial charge in [-0.3, -0.25) is 0 Å². The zero-order chi connectivity index (χ0) is 24.7. The first kappa shape index (κ1) is 23.8. The molecule has 35 heavy (non-hydrogen) atoms. The van der Waals surface area contributed by atoms with E-state index in [1.54, 1.807) is 28.7 Å². The summed E-state index contributed by atoms with van der Waals surface area (Å²) in [4.78, 5) is 0.377. The van der Waals surface area contributed by atoms with Gasteiger partial charge in [-0.25, -0.2) is 17.5 Å². The third-order valence-corrected chi connectivity index (χ3v) is 9.09. The highest BCUT2D eigenvalue weighted by atomic mass is 32.2. The van der Waals surface area contributed by atoms with E-state index in [-0.39, 0.29) is 17.8 Å². The van der Waals surface area contributed by atoms with E-state index >= 15 is 0 Å². The first-order chi connectivity index (χ1) is 16.8. The lowest BCUT2D eigenvalue weighted by Gasteiger charge is -2.37. The molecular formula is C27H31FN4O2S. The Morgan fingerprint density at radius 1 is 1.14 bits per heavy atom. The third kappa shape index (κ3) is 4.41. The lowest BCUT2D eigenvalue weighted by molar-refractivity contribution is 0.246.